The quantitative estimate of drug-likeness (QED) is 0.596. The summed E-state index contributed by atoms with van der Waals surface area (Å²) in [6.45, 7) is 3.73. The molecule has 0 saturated heterocycles. The van der Waals surface area contributed by atoms with Crippen LogP contribution in [0.1, 0.15) is 58.8 Å². The fourth-order valence-electron chi connectivity index (χ4n) is 7.42. The summed E-state index contributed by atoms with van der Waals surface area (Å²) in [5.74, 6) is 0.798. The predicted molar refractivity (Wildman–Crippen MR) is 96.1 cm³/mol. The number of carbonyl (C=O) groups is 1. The Kier molecular flexibility index (Phi) is 4.20. The van der Waals surface area contributed by atoms with E-state index < -0.39 is 29.8 Å². The van der Waals surface area contributed by atoms with Gasteiger partial charge in [-0.3, -0.25) is 4.79 Å². The van der Waals surface area contributed by atoms with Gasteiger partial charge in [0.1, 0.15) is 6.10 Å². The number of aliphatic hydroxyl groups is 4. The number of rotatable bonds is 2. The first-order valence-corrected chi connectivity index (χ1v) is 10.1. The monoisotopic (exact) mass is 364 g/mol. The van der Waals surface area contributed by atoms with Gasteiger partial charge in [-0.1, -0.05) is 19.4 Å². The van der Waals surface area contributed by atoms with Crippen LogP contribution in [0.2, 0.25) is 0 Å². The Bertz CT molecular complexity index is 644. The summed E-state index contributed by atoms with van der Waals surface area (Å²) in [7, 11) is 0. The van der Waals surface area contributed by atoms with E-state index >= 15 is 0 Å². The highest BCUT2D eigenvalue weighted by Crippen LogP contribution is 2.67. The lowest BCUT2D eigenvalue weighted by Crippen LogP contribution is -2.63. The molecule has 0 amide bonds. The van der Waals surface area contributed by atoms with E-state index in [4.69, 9.17) is 0 Å². The number of carbonyl (C=O) groups excluding carboxylic acids is 1. The first-order valence-electron chi connectivity index (χ1n) is 10.1. The van der Waals surface area contributed by atoms with Crippen molar-refractivity contribution in [3.63, 3.8) is 0 Å². The summed E-state index contributed by atoms with van der Waals surface area (Å²) < 4.78 is 0. The molecule has 0 spiro atoms. The number of allylic oxidation sites excluding steroid dienone is 1. The normalized spacial score (nSPS) is 51.9. The van der Waals surface area contributed by atoms with Crippen molar-refractivity contribution in [2.75, 3.05) is 6.61 Å². The lowest BCUT2D eigenvalue weighted by atomic mass is 9.45. The molecule has 3 saturated carbocycles. The highest BCUT2D eigenvalue weighted by Gasteiger charge is 2.67. The van der Waals surface area contributed by atoms with Crippen LogP contribution in [0.5, 0.6) is 0 Å². The number of ketones is 1. The van der Waals surface area contributed by atoms with Crippen LogP contribution >= 0.6 is 0 Å². The molecule has 0 unspecified atom stereocenters. The molecule has 4 aliphatic carbocycles. The molecule has 4 aliphatic rings. The van der Waals surface area contributed by atoms with E-state index in [9.17, 15) is 25.2 Å². The van der Waals surface area contributed by atoms with Crippen molar-refractivity contribution in [3.05, 3.63) is 11.6 Å². The Morgan fingerprint density at radius 2 is 1.96 bits per heavy atom. The first kappa shape index (κ1) is 18.6. The van der Waals surface area contributed by atoms with Gasteiger partial charge in [-0.25, -0.2) is 0 Å². The van der Waals surface area contributed by atoms with Crippen molar-refractivity contribution < 1.29 is 25.2 Å². The molecule has 5 heteroatoms. The van der Waals surface area contributed by atoms with Crippen LogP contribution in [-0.4, -0.2) is 50.6 Å². The molecular weight excluding hydrogens is 332 g/mol. The molecule has 5 nitrogen and oxygen atoms in total. The van der Waals surface area contributed by atoms with Gasteiger partial charge in [0.15, 0.2) is 5.78 Å². The zero-order valence-corrected chi connectivity index (χ0v) is 15.8. The molecule has 0 radical (unpaired) electrons. The minimum atomic E-state index is -1.35. The third-order valence-electron chi connectivity index (χ3n) is 8.84. The summed E-state index contributed by atoms with van der Waals surface area (Å²) in [6, 6.07) is 0. The van der Waals surface area contributed by atoms with Crippen molar-refractivity contribution >= 4 is 5.78 Å². The smallest absolute Gasteiger partial charge is 0.155 e. The minimum absolute atomic E-state index is 0.0993. The van der Waals surface area contributed by atoms with E-state index in [2.05, 4.69) is 6.92 Å². The SMILES string of the molecule is C[C@]12CCC(=O)C=C1CC[C@@H]1[C@@H]2[C@@H](O)C[C@@]2(C)[C@@H]1CC[C@]2(O)[C@H](O)CO. The molecule has 26 heavy (non-hydrogen) atoms. The number of hydrogen-bond donors (Lipinski definition) is 4. The molecule has 4 N–H and O–H groups in total. The first-order chi connectivity index (χ1) is 12.2. The molecule has 0 aliphatic heterocycles. The van der Waals surface area contributed by atoms with Crippen LogP contribution in [0, 0.1) is 28.6 Å². The zero-order chi connectivity index (χ0) is 18.9. The maximum Gasteiger partial charge on any atom is 0.155 e. The van der Waals surface area contributed by atoms with Gasteiger partial charge in [0.2, 0.25) is 0 Å². The van der Waals surface area contributed by atoms with Gasteiger partial charge < -0.3 is 20.4 Å². The second-order valence-electron chi connectivity index (χ2n) is 9.74. The number of hydrogen-bond acceptors (Lipinski definition) is 5. The lowest BCUT2D eigenvalue weighted by molar-refractivity contribution is -0.207. The van der Waals surface area contributed by atoms with Gasteiger partial charge in [-0.2, -0.15) is 0 Å². The molecule has 0 heterocycles. The van der Waals surface area contributed by atoms with E-state index in [0.717, 1.165) is 25.7 Å². The maximum atomic E-state index is 11.9. The standard InChI is InChI=1S/C21H32O5/c1-19-7-5-13(23)9-12(19)3-4-14-15-6-8-21(26,17(25)11-22)20(15,2)10-16(24)18(14)19/h9,14-18,22,24-26H,3-8,10-11H2,1-2H3/t14-,15+,16-,17+,18+,19-,20-,21-/m0/s1. The Morgan fingerprint density at radius 1 is 1.23 bits per heavy atom. The van der Waals surface area contributed by atoms with Gasteiger partial charge >= 0.3 is 0 Å². The molecule has 0 bridgehead atoms. The van der Waals surface area contributed by atoms with E-state index in [-0.39, 0.29) is 29.0 Å². The van der Waals surface area contributed by atoms with Crippen LogP contribution < -0.4 is 0 Å². The Balaban J connectivity index is 1.72. The molecular formula is C21H32O5. The molecule has 146 valence electrons. The number of fused-ring (bicyclic) bond motifs is 5. The lowest BCUT2D eigenvalue weighted by Gasteiger charge is -2.61. The Hall–Kier alpha value is -0.750. The molecule has 8 atom stereocenters. The van der Waals surface area contributed by atoms with Crippen LogP contribution in [-0.2, 0) is 4.79 Å². The van der Waals surface area contributed by atoms with Gasteiger partial charge in [0.05, 0.1) is 18.3 Å². The largest absolute Gasteiger partial charge is 0.394 e. The summed E-state index contributed by atoms with van der Waals surface area (Å²) in [4.78, 5) is 11.9. The second kappa shape index (κ2) is 5.87. The van der Waals surface area contributed by atoms with Gasteiger partial charge in [0.25, 0.3) is 0 Å². The van der Waals surface area contributed by atoms with Crippen molar-refractivity contribution in [1.82, 2.24) is 0 Å². The average Bonchev–Trinajstić information content (AvgIpc) is 2.86. The third-order valence-corrected chi connectivity index (χ3v) is 8.84. The summed E-state index contributed by atoms with van der Waals surface area (Å²) >= 11 is 0. The van der Waals surface area contributed by atoms with Gasteiger partial charge in [-0.15, -0.1) is 0 Å². The fraction of sp³-hybridized carbons (Fsp3) is 0.857. The molecule has 0 aromatic carbocycles. The molecule has 0 aromatic heterocycles. The van der Waals surface area contributed by atoms with Crippen LogP contribution in [0.4, 0.5) is 0 Å². The van der Waals surface area contributed by atoms with Crippen molar-refractivity contribution in [2.45, 2.75) is 76.6 Å². The summed E-state index contributed by atoms with van der Waals surface area (Å²) in [5.41, 5.74) is -0.898. The number of aliphatic hydroxyl groups excluding tert-OH is 3. The van der Waals surface area contributed by atoms with E-state index in [0.29, 0.717) is 19.3 Å². The molecule has 0 aromatic rings. The minimum Gasteiger partial charge on any atom is -0.394 e. The van der Waals surface area contributed by atoms with Crippen molar-refractivity contribution in [3.8, 4) is 0 Å². The van der Waals surface area contributed by atoms with Crippen molar-refractivity contribution in [1.29, 1.82) is 0 Å². The highest BCUT2D eigenvalue weighted by molar-refractivity contribution is 5.91. The van der Waals surface area contributed by atoms with Crippen LogP contribution in [0.25, 0.3) is 0 Å². The van der Waals surface area contributed by atoms with Crippen LogP contribution in [0.3, 0.4) is 0 Å². The second-order valence-corrected chi connectivity index (χ2v) is 9.74. The fourth-order valence-corrected chi connectivity index (χ4v) is 7.42. The highest BCUT2D eigenvalue weighted by atomic mass is 16.4. The third kappa shape index (κ3) is 2.20. The summed E-state index contributed by atoms with van der Waals surface area (Å²) in [6.07, 6.45) is 4.92. The van der Waals surface area contributed by atoms with Crippen molar-refractivity contribution in [2.24, 2.45) is 28.6 Å². The zero-order valence-electron chi connectivity index (χ0n) is 15.8. The Morgan fingerprint density at radius 3 is 2.65 bits per heavy atom. The van der Waals surface area contributed by atoms with Gasteiger partial charge in [0, 0.05) is 11.8 Å². The molecule has 4 rings (SSSR count). The predicted octanol–water partition coefficient (Wildman–Crippen LogP) is 1.57. The maximum absolute atomic E-state index is 11.9. The Labute approximate surface area is 155 Å². The van der Waals surface area contributed by atoms with E-state index in [1.54, 1.807) is 0 Å². The summed E-state index contributed by atoms with van der Waals surface area (Å²) in [5, 5.41) is 42.3. The van der Waals surface area contributed by atoms with Gasteiger partial charge in [-0.05, 0) is 67.8 Å². The topological polar surface area (TPSA) is 98.0 Å². The van der Waals surface area contributed by atoms with E-state index in [1.807, 2.05) is 13.0 Å². The van der Waals surface area contributed by atoms with E-state index in [1.165, 1.54) is 5.57 Å². The average molecular weight is 364 g/mol. The molecule has 3 fully saturated rings. The van der Waals surface area contributed by atoms with Crippen LogP contribution in [0.15, 0.2) is 11.6 Å².